The fourth-order valence-corrected chi connectivity index (χ4v) is 2.04. The summed E-state index contributed by atoms with van der Waals surface area (Å²) in [6, 6.07) is 4.04. The fraction of sp³-hybridized carbons (Fsp3) is 0.583. The van der Waals surface area contributed by atoms with Crippen LogP contribution in [0, 0.1) is 0 Å². The van der Waals surface area contributed by atoms with Gasteiger partial charge in [-0.3, -0.25) is 0 Å². The van der Waals surface area contributed by atoms with Crippen molar-refractivity contribution < 1.29 is 5.11 Å². The summed E-state index contributed by atoms with van der Waals surface area (Å²) < 4.78 is 0. The minimum Gasteiger partial charge on any atom is -0.395 e. The van der Waals surface area contributed by atoms with Crippen molar-refractivity contribution in [2.24, 2.45) is 0 Å². The number of hydrogen-bond donors (Lipinski definition) is 2. The van der Waals surface area contributed by atoms with E-state index in [1.807, 2.05) is 19.2 Å². The Bertz CT molecular complexity index is 307. The third-order valence-corrected chi connectivity index (χ3v) is 3.41. The first-order valence-electron chi connectivity index (χ1n) is 5.68. The first-order valence-corrected chi connectivity index (χ1v) is 6.73. The smallest absolute Gasteiger partial charge is 0.129 e. The SMILES string of the molecule is CCCNc1ncccc1CSC(C)CO. The van der Waals surface area contributed by atoms with E-state index in [-0.39, 0.29) is 11.9 Å². The lowest BCUT2D eigenvalue weighted by Crippen LogP contribution is -2.06. The molecule has 4 heteroatoms. The van der Waals surface area contributed by atoms with Gasteiger partial charge in [0.1, 0.15) is 5.82 Å². The fourth-order valence-electron chi connectivity index (χ4n) is 1.24. The maximum Gasteiger partial charge on any atom is 0.129 e. The van der Waals surface area contributed by atoms with Crippen molar-refractivity contribution in [3.63, 3.8) is 0 Å². The lowest BCUT2D eigenvalue weighted by atomic mass is 10.3. The van der Waals surface area contributed by atoms with Gasteiger partial charge in [-0.2, -0.15) is 11.8 Å². The highest BCUT2D eigenvalue weighted by atomic mass is 32.2. The second kappa shape index (κ2) is 7.52. The predicted octanol–water partition coefficient (Wildman–Crippen LogP) is 2.52. The number of anilines is 1. The Hall–Kier alpha value is -0.740. The van der Waals surface area contributed by atoms with Gasteiger partial charge in [0.25, 0.3) is 0 Å². The molecule has 0 saturated carbocycles. The molecule has 0 aliphatic rings. The van der Waals surface area contributed by atoms with E-state index in [1.165, 1.54) is 5.56 Å². The molecule has 0 fully saturated rings. The molecule has 90 valence electrons. The van der Waals surface area contributed by atoms with Crippen LogP contribution in [-0.2, 0) is 5.75 Å². The zero-order valence-electron chi connectivity index (χ0n) is 9.94. The third kappa shape index (κ3) is 4.41. The Morgan fingerprint density at radius 2 is 2.38 bits per heavy atom. The van der Waals surface area contributed by atoms with Crippen molar-refractivity contribution in [2.45, 2.75) is 31.3 Å². The van der Waals surface area contributed by atoms with Gasteiger partial charge in [0.15, 0.2) is 0 Å². The number of aliphatic hydroxyl groups excluding tert-OH is 1. The molecule has 0 aliphatic heterocycles. The highest BCUT2D eigenvalue weighted by Gasteiger charge is 2.05. The van der Waals surface area contributed by atoms with E-state index in [4.69, 9.17) is 5.11 Å². The molecule has 0 aromatic carbocycles. The Labute approximate surface area is 102 Å². The number of thioether (sulfide) groups is 1. The lowest BCUT2D eigenvalue weighted by Gasteiger charge is -2.11. The van der Waals surface area contributed by atoms with Crippen LogP contribution in [0.5, 0.6) is 0 Å². The molecule has 16 heavy (non-hydrogen) atoms. The van der Waals surface area contributed by atoms with Crippen LogP contribution in [0.15, 0.2) is 18.3 Å². The minimum atomic E-state index is 0.225. The summed E-state index contributed by atoms with van der Waals surface area (Å²) in [5.74, 6) is 1.86. The normalized spacial score (nSPS) is 12.4. The third-order valence-electron chi connectivity index (χ3n) is 2.21. The maximum absolute atomic E-state index is 8.97. The molecule has 1 heterocycles. The molecule has 1 rings (SSSR count). The number of nitrogens with one attached hydrogen (secondary N) is 1. The summed E-state index contributed by atoms with van der Waals surface area (Å²) in [6.45, 7) is 5.34. The van der Waals surface area contributed by atoms with Crippen molar-refractivity contribution in [3.05, 3.63) is 23.9 Å². The lowest BCUT2D eigenvalue weighted by molar-refractivity contribution is 0.300. The van der Waals surface area contributed by atoms with Crippen LogP contribution in [0.25, 0.3) is 0 Å². The molecular weight excluding hydrogens is 220 g/mol. The molecule has 1 atom stereocenters. The summed E-state index contributed by atoms with van der Waals surface area (Å²) in [7, 11) is 0. The Kier molecular flexibility index (Phi) is 6.26. The van der Waals surface area contributed by atoms with E-state index in [0.29, 0.717) is 0 Å². The van der Waals surface area contributed by atoms with Gasteiger partial charge in [0, 0.05) is 29.3 Å². The molecule has 1 aromatic heterocycles. The zero-order chi connectivity index (χ0) is 11.8. The number of rotatable bonds is 7. The molecule has 0 bridgehead atoms. The zero-order valence-corrected chi connectivity index (χ0v) is 10.8. The maximum atomic E-state index is 8.97. The van der Waals surface area contributed by atoms with Crippen molar-refractivity contribution in [1.29, 1.82) is 0 Å². The van der Waals surface area contributed by atoms with Crippen LogP contribution in [0.2, 0.25) is 0 Å². The average Bonchev–Trinajstić information content (AvgIpc) is 2.34. The van der Waals surface area contributed by atoms with E-state index in [0.717, 1.165) is 24.5 Å². The largest absolute Gasteiger partial charge is 0.395 e. The van der Waals surface area contributed by atoms with Gasteiger partial charge in [-0.1, -0.05) is 19.9 Å². The first kappa shape index (κ1) is 13.3. The van der Waals surface area contributed by atoms with Crippen LogP contribution in [0.3, 0.4) is 0 Å². The summed E-state index contributed by atoms with van der Waals surface area (Å²) in [5.41, 5.74) is 1.21. The molecule has 3 nitrogen and oxygen atoms in total. The summed E-state index contributed by atoms with van der Waals surface area (Å²) in [4.78, 5) is 4.33. The summed E-state index contributed by atoms with van der Waals surface area (Å²) in [5, 5.41) is 12.6. The van der Waals surface area contributed by atoms with Gasteiger partial charge in [-0.25, -0.2) is 4.98 Å². The number of aliphatic hydroxyl groups is 1. The topological polar surface area (TPSA) is 45.2 Å². The van der Waals surface area contributed by atoms with Crippen molar-refractivity contribution in [1.82, 2.24) is 4.98 Å². The standard InChI is InChI=1S/C12H20N2OS/c1-3-6-13-12-11(5-4-7-14-12)9-16-10(2)8-15/h4-5,7,10,15H,3,6,8-9H2,1-2H3,(H,13,14). The minimum absolute atomic E-state index is 0.225. The predicted molar refractivity (Wildman–Crippen MR) is 70.9 cm³/mol. The molecule has 0 aliphatic carbocycles. The van der Waals surface area contributed by atoms with E-state index in [1.54, 1.807) is 11.8 Å². The molecule has 0 radical (unpaired) electrons. The Balaban J connectivity index is 2.56. The number of aromatic nitrogens is 1. The van der Waals surface area contributed by atoms with Gasteiger partial charge in [0.2, 0.25) is 0 Å². The van der Waals surface area contributed by atoms with Crippen LogP contribution in [0.1, 0.15) is 25.8 Å². The molecule has 1 unspecified atom stereocenters. The molecule has 0 amide bonds. The van der Waals surface area contributed by atoms with Crippen LogP contribution < -0.4 is 5.32 Å². The van der Waals surface area contributed by atoms with Gasteiger partial charge >= 0.3 is 0 Å². The van der Waals surface area contributed by atoms with Crippen LogP contribution in [-0.4, -0.2) is 28.5 Å². The Morgan fingerprint density at radius 3 is 3.06 bits per heavy atom. The van der Waals surface area contributed by atoms with Crippen LogP contribution >= 0.6 is 11.8 Å². The van der Waals surface area contributed by atoms with Gasteiger partial charge in [0.05, 0.1) is 6.61 Å². The van der Waals surface area contributed by atoms with E-state index < -0.39 is 0 Å². The molecular formula is C12H20N2OS. The van der Waals surface area contributed by atoms with Crippen molar-refractivity contribution in [2.75, 3.05) is 18.5 Å². The second-order valence-corrected chi connectivity index (χ2v) is 5.17. The van der Waals surface area contributed by atoms with Crippen LogP contribution in [0.4, 0.5) is 5.82 Å². The summed E-state index contributed by atoms with van der Waals surface area (Å²) >= 11 is 1.75. The number of pyridine rings is 1. The number of hydrogen-bond acceptors (Lipinski definition) is 4. The molecule has 2 N–H and O–H groups in total. The molecule has 0 spiro atoms. The van der Waals surface area contributed by atoms with Gasteiger partial charge in [-0.05, 0) is 12.5 Å². The van der Waals surface area contributed by atoms with Gasteiger partial charge in [-0.15, -0.1) is 0 Å². The van der Waals surface area contributed by atoms with E-state index in [9.17, 15) is 0 Å². The monoisotopic (exact) mass is 240 g/mol. The summed E-state index contributed by atoms with van der Waals surface area (Å²) in [6.07, 6.45) is 2.90. The van der Waals surface area contributed by atoms with Crippen molar-refractivity contribution in [3.8, 4) is 0 Å². The highest BCUT2D eigenvalue weighted by molar-refractivity contribution is 7.99. The highest BCUT2D eigenvalue weighted by Crippen LogP contribution is 2.21. The van der Waals surface area contributed by atoms with E-state index in [2.05, 4.69) is 23.3 Å². The molecule has 0 saturated heterocycles. The number of nitrogens with zero attached hydrogens (tertiary/aromatic N) is 1. The van der Waals surface area contributed by atoms with Gasteiger partial charge < -0.3 is 10.4 Å². The van der Waals surface area contributed by atoms with E-state index >= 15 is 0 Å². The average molecular weight is 240 g/mol. The second-order valence-electron chi connectivity index (χ2n) is 3.74. The van der Waals surface area contributed by atoms with Crippen molar-refractivity contribution >= 4 is 17.6 Å². The quantitative estimate of drug-likeness (QED) is 0.768. The molecule has 1 aromatic rings. The first-order chi connectivity index (χ1) is 7.77. The Morgan fingerprint density at radius 1 is 1.56 bits per heavy atom.